The second-order valence-electron chi connectivity index (χ2n) is 4.36. The lowest BCUT2D eigenvalue weighted by Gasteiger charge is -2.18. The van der Waals surface area contributed by atoms with Crippen LogP contribution in [0.1, 0.15) is 6.42 Å². The highest BCUT2D eigenvalue weighted by Gasteiger charge is 2.36. The first-order chi connectivity index (χ1) is 9.43. The molecule has 0 saturated carbocycles. The Morgan fingerprint density at radius 1 is 1.55 bits per heavy atom. The standard InChI is InChI=1S/C12H12N2O6/c1-20-10-3-2-8(14(18)19)5-9(10)13-6-7(12(16)17)4-11(13)15/h2-3,5,7H,4,6H2,1H3,(H,16,17)/t7-/m1/s1. The predicted octanol–water partition coefficient (Wildman–Crippen LogP) is 1.04. The number of carbonyl (C=O) groups is 2. The molecule has 0 aliphatic carbocycles. The number of carboxylic acids is 1. The summed E-state index contributed by atoms with van der Waals surface area (Å²) in [5.74, 6) is -1.98. The summed E-state index contributed by atoms with van der Waals surface area (Å²) in [6.07, 6.45) is -0.124. The van der Waals surface area contributed by atoms with Crippen molar-refractivity contribution >= 4 is 23.3 Å². The molecule has 1 N–H and O–H groups in total. The molecule has 0 radical (unpaired) electrons. The third-order valence-electron chi connectivity index (χ3n) is 3.14. The highest BCUT2D eigenvalue weighted by Crippen LogP contribution is 2.35. The summed E-state index contributed by atoms with van der Waals surface area (Å²) in [6, 6.07) is 3.85. The van der Waals surface area contributed by atoms with Crippen LogP contribution in [-0.4, -0.2) is 35.6 Å². The molecule has 1 aliphatic rings. The Bertz CT molecular complexity index is 585. The van der Waals surface area contributed by atoms with Crippen LogP contribution in [0.5, 0.6) is 5.75 Å². The van der Waals surface area contributed by atoms with Crippen molar-refractivity contribution in [3.8, 4) is 5.75 Å². The van der Waals surface area contributed by atoms with E-state index in [2.05, 4.69) is 0 Å². The van der Waals surface area contributed by atoms with Crippen molar-refractivity contribution in [3.05, 3.63) is 28.3 Å². The Hall–Kier alpha value is -2.64. The number of nitro groups is 1. The molecule has 1 heterocycles. The highest BCUT2D eigenvalue weighted by atomic mass is 16.6. The SMILES string of the molecule is COc1ccc([N+](=O)[O-])cc1N1C[C@H](C(=O)O)CC1=O. The summed E-state index contributed by atoms with van der Waals surface area (Å²) < 4.78 is 5.07. The van der Waals surface area contributed by atoms with Crippen molar-refractivity contribution < 1.29 is 24.4 Å². The van der Waals surface area contributed by atoms with Crippen LogP contribution in [-0.2, 0) is 9.59 Å². The number of ether oxygens (including phenoxy) is 1. The first kappa shape index (κ1) is 13.8. The molecule has 2 rings (SSSR count). The number of nitrogens with zero attached hydrogens (tertiary/aromatic N) is 2. The van der Waals surface area contributed by atoms with E-state index in [9.17, 15) is 19.7 Å². The van der Waals surface area contributed by atoms with Crippen molar-refractivity contribution in [2.24, 2.45) is 5.92 Å². The van der Waals surface area contributed by atoms with Gasteiger partial charge in [-0.05, 0) is 6.07 Å². The van der Waals surface area contributed by atoms with E-state index in [1.807, 2.05) is 0 Å². The van der Waals surface area contributed by atoms with Gasteiger partial charge in [0.15, 0.2) is 0 Å². The van der Waals surface area contributed by atoms with Crippen molar-refractivity contribution in [1.82, 2.24) is 0 Å². The number of nitro benzene ring substituents is 1. The zero-order valence-electron chi connectivity index (χ0n) is 10.6. The van der Waals surface area contributed by atoms with E-state index >= 15 is 0 Å². The molecular formula is C12H12N2O6. The summed E-state index contributed by atoms with van der Waals surface area (Å²) >= 11 is 0. The number of carboxylic acid groups (broad SMARTS) is 1. The van der Waals surface area contributed by atoms with Gasteiger partial charge in [-0.15, -0.1) is 0 Å². The Kier molecular flexibility index (Phi) is 3.55. The lowest BCUT2D eigenvalue weighted by Crippen LogP contribution is -2.26. The second-order valence-corrected chi connectivity index (χ2v) is 4.36. The maximum atomic E-state index is 11.9. The van der Waals surface area contributed by atoms with Gasteiger partial charge in [0, 0.05) is 25.1 Å². The highest BCUT2D eigenvalue weighted by molar-refractivity contribution is 6.00. The van der Waals surface area contributed by atoms with Crippen molar-refractivity contribution in [1.29, 1.82) is 0 Å². The van der Waals surface area contributed by atoms with E-state index in [4.69, 9.17) is 9.84 Å². The number of non-ortho nitro benzene ring substituents is 1. The van der Waals surface area contributed by atoms with Gasteiger partial charge in [-0.25, -0.2) is 0 Å². The molecule has 8 nitrogen and oxygen atoms in total. The molecule has 106 valence electrons. The largest absolute Gasteiger partial charge is 0.495 e. The molecule has 0 aromatic heterocycles. The number of aliphatic carboxylic acids is 1. The number of carbonyl (C=O) groups excluding carboxylic acids is 1. The average Bonchev–Trinajstić information content (AvgIpc) is 2.80. The molecule has 0 unspecified atom stereocenters. The van der Waals surface area contributed by atoms with Crippen LogP contribution in [0.3, 0.4) is 0 Å². The Morgan fingerprint density at radius 3 is 2.75 bits per heavy atom. The molecule has 1 atom stereocenters. The fourth-order valence-corrected chi connectivity index (χ4v) is 2.11. The Balaban J connectivity index is 2.40. The lowest BCUT2D eigenvalue weighted by molar-refractivity contribution is -0.384. The number of rotatable bonds is 4. The first-order valence-electron chi connectivity index (χ1n) is 5.79. The van der Waals surface area contributed by atoms with Crippen LogP contribution in [0, 0.1) is 16.0 Å². The quantitative estimate of drug-likeness (QED) is 0.651. The van der Waals surface area contributed by atoms with E-state index in [1.165, 1.54) is 30.2 Å². The third kappa shape index (κ3) is 2.40. The van der Waals surface area contributed by atoms with E-state index in [1.54, 1.807) is 0 Å². The third-order valence-corrected chi connectivity index (χ3v) is 3.14. The van der Waals surface area contributed by atoms with Crippen LogP contribution in [0.2, 0.25) is 0 Å². The minimum Gasteiger partial charge on any atom is -0.495 e. The summed E-state index contributed by atoms with van der Waals surface area (Å²) in [5, 5.41) is 19.7. The maximum absolute atomic E-state index is 11.9. The maximum Gasteiger partial charge on any atom is 0.308 e. The minimum atomic E-state index is -1.06. The molecule has 8 heteroatoms. The van der Waals surface area contributed by atoms with Crippen molar-refractivity contribution in [3.63, 3.8) is 0 Å². The van der Waals surface area contributed by atoms with Crippen LogP contribution < -0.4 is 9.64 Å². The van der Waals surface area contributed by atoms with Gasteiger partial charge in [-0.2, -0.15) is 0 Å². The van der Waals surface area contributed by atoms with Gasteiger partial charge in [0.05, 0.1) is 23.6 Å². The molecule has 20 heavy (non-hydrogen) atoms. The van der Waals surface area contributed by atoms with Crippen molar-refractivity contribution in [2.45, 2.75) is 6.42 Å². The predicted molar refractivity (Wildman–Crippen MR) is 67.7 cm³/mol. The summed E-state index contributed by atoms with van der Waals surface area (Å²) in [6.45, 7) is -0.0221. The fraction of sp³-hybridized carbons (Fsp3) is 0.333. The zero-order chi connectivity index (χ0) is 14.9. The van der Waals surface area contributed by atoms with Crippen LogP contribution in [0.25, 0.3) is 0 Å². The van der Waals surface area contributed by atoms with Crippen molar-refractivity contribution in [2.75, 3.05) is 18.6 Å². The molecular weight excluding hydrogens is 268 g/mol. The van der Waals surface area contributed by atoms with E-state index in [-0.39, 0.29) is 30.1 Å². The molecule has 1 aromatic rings. The molecule has 1 aromatic carbocycles. The van der Waals surface area contributed by atoms with Gasteiger partial charge in [-0.3, -0.25) is 19.7 Å². The van der Waals surface area contributed by atoms with E-state index < -0.39 is 22.7 Å². The van der Waals surface area contributed by atoms with Gasteiger partial charge in [0.1, 0.15) is 5.75 Å². The number of amides is 1. The number of methoxy groups -OCH3 is 1. The molecule has 1 aliphatic heterocycles. The smallest absolute Gasteiger partial charge is 0.308 e. The van der Waals surface area contributed by atoms with E-state index in [0.717, 1.165) is 0 Å². The normalized spacial score (nSPS) is 18.1. The fourth-order valence-electron chi connectivity index (χ4n) is 2.11. The monoisotopic (exact) mass is 280 g/mol. The van der Waals surface area contributed by atoms with Gasteiger partial charge < -0.3 is 14.7 Å². The lowest BCUT2D eigenvalue weighted by atomic mass is 10.1. The van der Waals surface area contributed by atoms with Gasteiger partial charge in [0.25, 0.3) is 5.69 Å². The topological polar surface area (TPSA) is 110 Å². The second kappa shape index (κ2) is 5.16. The molecule has 1 amide bonds. The van der Waals surface area contributed by atoms with Crippen LogP contribution >= 0.6 is 0 Å². The molecule has 0 spiro atoms. The summed E-state index contributed by atoms with van der Waals surface area (Å²) in [7, 11) is 1.37. The summed E-state index contributed by atoms with van der Waals surface area (Å²) in [5.41, 5.74) is 0.0304. The number of hydrogen-bond donors (Lipinski definition) is 1. The first-order valence-corrected chi connectivity index (χ1v) is 5.79. The molecule has 1 fully saturated rings. The van der Waals surface area contributed by atoms with Crippen LogP contribution in [0.15, 0.2) is 18.2 Å². The van der Waals surface area contributed by atoms with Crippen LogP contribution in [0.4, 0.5) is 11.4 Å². The zero-order valence-corrected chi connectivity index (χ0v) is 10.6. The minimum absolute atomic E-state index is 0.0221. The molecule has 1 saturated heterocycles. The van der Waals surface area contributed by atoms with Gasteiger partial charge >= 0.3 is 5.97 Å². The Morgan fingerprint density at radius 2 is 2.25 bits per heavy atom. The number of anilines is 1. The summed E-state index contributed by atoms with van der Waals surface area (Å²) in [4.78, 5) is 34.2. The average molecular weight is 280 g/mol. The Labute approximate surface area is 113 Å². The number of benzene rings is 1. The molecule has 0 bridgehead atoms. The van der Waals surface area contributed by atoms with Gasteiger partial charge in [0.2, 0.25) is 5.91 Å². The number of hydrogen-bond acceptors (Lipinski definition) is 5. The van der Waals surface area contributed by atoms with Gasteiger partial charge in [-0.1, -0.05) is 0 Å². The van der Waals surface area contributed by atoms with E-state index in [0.29, 0.717) is 0 Å².